The van der Waals surface area contributed by atoms with Crippen LogP contribution in [0.4, 0.5) is 5.69 Å². The summed E-state index contributed by atoms with van der Waals surface area (Å²) in [5.41, 5.74) is 1.07. The average Bonchev–Trinajstić information content (AvgIpc) is 3.26. The quantitative estimate of drug-likeness (QED) is 0.754. The number of ether oxygens (including phenoxy) is 4. The summed E-state index contributed by atoms with van der Waals surface area (Å²) in [7, 11) is 1.57. The number of fused-ring (bicyclic) bond motifs is 2. The number of hydrogen-bond acceptors (Lipinski definition) is 5. The van der Waals surface area contributed by atoms with Gasteiger partial charge in [-0.2, -0.15) is 0 Å². The number of para-hydroxylation sites is 2. The molecule has 4 rings (SSSR count). The minimum absolute atomic E-state index is 0.227. The molecule has 2 aromatic rings. The number of nitrogens with zero attached hydrogens (tertiary/aromatic N) is 1. The fraction of sp³-hybridized carbons (Fsp3) is 0.316. The Morgan fingerprint density at radius 3 is 2.52 bits per heavy atom. The van der Waals surface area contributed by atoms with E-state index in [9.17, 15) is 4.79 Å². The Hall–Kier alpha value is -1.99. The first-order chi connectivity index (χ1) is 13.1. The minimum atomic E-state index is -1.45. The van der Waals surface area contributed by atoms with Crippen LogP contribution in [-0.4, -0.2) is 39.4 Å². The van der Waals surface area contributed by atoms with Gasteiger partial charge < -0.3 is 23.8 Å². The molecule has 2 aliphatic heterocycles. The van der Waals surface area contributed by atoms with E-state index in [2.05, 4.69) is 0 Å². The second kappa shape index (κ2) is 7.20. The molecule has 1 fully saturated rings. The Kier molecular flexibility index (Phi) is 4.90. The number of methoxy groups -OCH3 is 1. The van der Waals surface area contributed by atoms with Crippen molar-refractivity contribution in [1.29, 1.82) is 0 Å². The van der Waals surface area contributed by atoms with Crippen LogP contribution in [0.2, 0.25) is 10.0 Å². The minimum Gasteiger partial charge on any atom is -0.493 e. The van der Waals surface area contributed by atoms with Gasteiger partial charge in [-0.3, -0.25) is 4.79 Å². The number of hydrogen-bond donors (Lipinski definition) is 0. The van der Waals surface area contributed by atoms with Crippen LogP contribution in [0.5, 0.6) is 11.5 Å². The van der Waals surface area contributed by atoms with Crippen LogP contribution in [0, 0.1) is 0 Å². The van der Waals surface area contributed by atoms with E-state index in [-0.39, 0.29) is 24.1 Å². The summed E-state index contributed by atoms with van der Waals surface area (Å²) in [6.07, 6.45) is 0. The lowest BCUT2D eigenvalue weighted by Gasteiger charge is -2.22. The molecule has 8 heteroatoms. The van der Waals surface area contributed by atoms with Crippen LogP contribution in [0.3, 0.4) is 0 Å². The maximum absolute atomic E-state index is 13.1. The van der Waals surface area contributed by atoms with Gasteiger partial charge >= 0.3 is 0 Å². The van der Waals surface area contributed by atoms with Crippen LogP contribution in [-0.2, 0) is 20.1 Å². The first-order valence-corrected chi connectivity index (χ1v) is 9.18. The molecule has 6 nitrogen and oxygen atoms in total. The van der Waals surface area contributed by atoms with Gasteiger partial charge in [-0.1, -0.05) is 35.3 Å². The van der Waals surface area contributed by atoms with Crippen molar-refractivity contribution in [2.75, 3.05) is 38.4 Å². The third-order valence-corrected chi connectivity index (χ3v) is 5.35. The van der Waals surface area contributed by atoms with Gasteiger partial charge in [-0.25, -0.2) is 0 Å². The third-order valence-electron chi connectivity index (χ3n) is 4.56. The zero-order valence-corrected chi connectivity index (χ0v) is 16.0. The van der Waals surface area contributed by atoms with E-state index in [1.54, 1.807) is 31.4 Å². The molecule has 27 heavy (non-hydrogen) atoms. The summed E-state index contributed by atoms with van der Waals surface area (Å²) >= 11 is 12.6. The molecule has 0 N–H and O–H groups in total. The smallest absolute Gasteiger partial charge is 0.292 e. The number of carbonyl (C=O) groups excluding carboxylic acids is 1. The van der Waals surface area contributed by atoms with E-state index in [1.165, 1.54) is 4.90 Å². The standard InChI is InChI=1S/C19H17Cl2NO5/c1-24-14-4-2-3-5-15(14)25-9-8-22-17-12(6-7-13(20)16(17)21)19(18(22)23)26-10-11-27-19/h2-7H,8-11H2,1H3. The predicted octanol–water partition coefficient (Wildman–Crippen LogP) is 3.63. The molecule has 2 aliphatic rings. The number of benzene rings is 2. The van der Waals surface area contributed by atoms with E-state index in [4.69, 9.17) is 42.1 Å². The Balaban J connectivity index is 1.60. The molecule has 0 aliphatic carbocycles. The number of halogens is 2. The first kappa shape index (κ1) is 18.4. The second-order valence-electron chi connectivity index (χ2n) is 6.03. The van der Waals surface area contributed by atoms with Gasteiger partial charge in [0.25, 0.3) is 11.7 Å². The Labute approximate surface area is 166 Å². The maximum Gasteiger partial charge on any atom is 0.292 e. The normalized spacial score (nSPS) is 17.4. The lowest BCUT2D eigenvalue weighted by atomic mass is 10.1. The van der Waals surface area contributed by atoms with Gasteiger partial charge in [0.15, 0.2) is 11.5 Å². The van der Waals surface area contributed by atoms with Crippen LogP contribution >= 0.6 is 23.2 Å². The number of anilines is 1. The van der Waals surface area contributed by atoms with Crippen molar-refractivity contribution >= 4 is 34.8 Å². The van der Waals surface area contributed by atoms with Crippen molar-refractivity contribution in [2.45, 2.75) is 5.79 Å². The van der Waals surface area contributed by atoms with Gasteiger partial charge in [0, 0.05) is 5.56 Å². The van der Waals surface area contributed by atoms with E-state index < -0.39 is 5.79 Å². The molecule has 0 radical (unpaired) electrons. The van der Waals surface area contributed by atoms with E-state index in [0.29, 0.717) is 41.0 Å². The number of amides is 1. The summed E-state index contributed by atoms with van der Waals surface area (Å²) in [6, 6.07) is 10.7. The second-order valence-corrected chi connectivity index (χ2v) is 6.81. The number of rotatable bonds is 5. The van der Waals surface area contributed by atoms with E-state index >= 15 is 0 Å². The van der Waals surface area contributed by atoms with Crippen LogP contribution in [0.25, 0.3) is 0 Å². The monoisotopic (exact) mass is 409 g/mol. The highest BCUT2D eigenvalue weighted by Gasteiger charge is 2.56. The lowest BCUT2D eigenvalue weighted by molar-refractivity contribution is -0.180. The molecule has 0 saturated carbocycles. The number of carbonyl (C=O) groups is 1. The molecule has 0 aromatic heterocycles. The third kappa shape index (κ3) is 2.93. The van der Waals surface area contributed by atoms with Gasteiger partial charge in [0.05, 0.1) is 42.6 Å². The Morgan fingerprint density at radius 1 is 1.11 bits per heavy atom. The molecule has 142 valence electrons. The summed E-state index contributed by atoms with van der Waals surface area (Å²) in [5, 5.41) is 0.643. The van der Waals surface area contributed by atoms with Gasteiger partial charge in [0.2, 0.25) is 0 Å². The van der Waals surface area contributed by atoms with Crippen molar-refractivity contribution in [3.05, 3.63) is 52.0 Å². The zero-order valence-electron chi connectivity index (χ0n) is 14.5. The van der Waals surface area contributed by atoms with Crippen LogP contribution in [0.15, 0.2) is 36.4 Å². The summed E-state index contributed by atoms with van der Waals surface area (Å²) < 4.78 is 22.5. The van der Waals surface area contributed by atoms with Crippen molar-refractivity contribution in [3.63, 3.8) is 0 Å². The van der Waals surface area contributed by atoms with E-state index in [0.717, 1.165) is 0 Å². The molecule has 0 unspecified atom stereocenters. The highest BCUT2D eigenvalue weighted by atomic mass is 35.5. The average molecular weight is 410 g/mol. The topological polar surface area (TPSA) is 57.2 Å². The lowest BCUT2D eigenvalue weighted by Crippen LogP contribution is -2.42. The van der Waals surface area contributed by atoms with Crippen LogP contribution < -0.4 is 14.4 Å². The first-order valence-electron chi connectivity index (χ1n) is 8.42. The fourth-order valence-corrected chi connectivity index (χ4v) is 3.77. The summed E-state index contributed by atoms with van der Waals surface area (Å²) in [4.78, 5) is 14.6. The molecular weight excluding hydrogens is 393 g/mol. The zero-order chi connectivity index (χ0) is 19.0. The van der Waals surface area contributed by atoms with Crippen molar-refractivity contribution in [1.82, 2.24) is 0 Å². The van der Waals surface area contributed by atoms with Crippen molar-refractivity contribution in [3.8, 4) is 11.5 Å². The Morgan fingerprint density at radius 2 is 1.81 bits per heavy atom. The van der Waals surface area contributed by atoms with Crippen molar-refractivity contribution < 1.29 is 23.7 Å². The molecular formula is C19H17Cl2NO5. The highest BCUT2D eigenvalue weighted by Crippen LogP contribution is 2.50. The SMILES string of the molecule is COc1ccccc1OCCN1C(=O)C2(OCCO2)c2ccc(Cl)c(Cl)c21. The molecule has 2 heterocycles. The predicted molar refractivity (Wildman–Crippen MR) is 101 cm³/mol. The van der Waals surface area contributed by atoms with Gasteiger partial charge in [-0.15, -0.1) is 0 Å². The van der Waals surface area contributed by atoms with Gasteiger partial charge in [-0.05, 0) is 24.3 Å². The highest BCUT2D eigenvalue weighted by molar-refractivity contribution is 6.44. The molecule has 1 amide bonds. The molecule has 1 spiro atoms. The summed E-state index contributed by atoms with van der Waals surface area (Å²) in [5.74, 6) is -0.575. The molecule has 0 atom stereocenters. The molecule has 1 saturated heterocycles. The maximum atomic E-state index is 13.1. The molecule has 2 aromatic carbocycles. The molecule has 0 bridgehead atoms. The summed E-state index contributed by atoms with van der Waals surface area (Å²) in [6.45, 7) is 1.14. The largest absolute Gasteiger partial charge is 0.493 e. The fourth-order valence-electron chi connectivity index (χ4n) is 3.35. The van der Waals surface area contributed by atoms with Gasteiger partial charge in [0.1, 0.15) is 6.61 Å². The van der Waals surface area contributed by atoms with Crippen molar-refractivity contribution in [2.24, 2.45) is 0 Å². The van der Waals surface area contributed by atoms with Crippen LogP contribution in [0.1, 0.15) is 5.56 Å². The van der Waals surface area contributed by atoms with E-state index in [1.807, 2.05) is 12.1 Å². The Bertz CT molecular complexity index is 882.